The summed E-state index contributed by atoms with van der Waals surface area (Å²) in [5.41, 5.74) is 1.65. The van der Waals surface area contributed by atoms with Gasteiger partial charge in [-0.2, -0.15) is 0 Å². The first-order chi connectivity index (χ1) is 15.5. The number of benzene rings is 3. The Labute approximate surface area is 208 Å². The van der Waals surface area contributed by atoms with Crippen molar-refractivity contribution < 1.29 is 14.1 Å². The van der Waals surface area contributed by atoms with E-state index >= 15 is 0 Å². The number of hydrogen-bond acceptors (Lipinski definition) is 6. The molecule has 0 aliphatic carbocycles. The molecule has 0 atom stereocenters. The van der Waals surface area contributed by atoms with Crippen LogP contribution in [0.4, 0.5) is 5.69 Å². The number of anilines is 1. The molecule has 0 radical (unpaired) electrons. The van der Waals surface area contributed by atoms with E-state index in [1.807, 2.05) is 24.3 Å². The summed E-state index contributed by atoms with van der Waals surface area (Å²) in [5, 5.41) is 1.37. The summed E-state index contributed by atoms with van der Waals surface area (Å²) >= 11 is 23.0. The summed E-state index contributed by atoms with van der Waals surface area (Å²) in [6.45, 7) is 0.478. The standard InChI is InChI=1S/C22H17BCl2N2O3S2/c23-28-14-26-13-15-1-7-18(8-2-15)27(21(31)29-19-9-3-16(24)4-10-19)22(32)30-20-11-5-17(25)6-12-20/h1-12,14H,13,23H2. The molecule has 0 N–H and O–H groups in total. The molecule has 0 amide bonds. The van der Waals surface area contributed by atoms with Crippen LogP contribution in [0.2, 0.25) is 10.0 Å². The Kier molecular flexibility index (Phi) is 8.87. The zero-order valence-electron chi connectivity index (χ0n) is 16.9. The molecular weight excluding hydrogens is 486 g/mol. The molecule has 0 saturated carbocycles. The quantitative estimate of drug-likeness (QED) is 0.188. The minimum atomic E-state index is 0.0939. The van der Waals surface area contributed by atoms with E-state index in [0.29, 0.717) is 33.8 Å². The monoisotopic (exact) mass is 502 g/mol. The molecule has 0 spiro atoms. The third-order valence-electron chi connectivity index (χ3n) is 4.05. The molecule has 3 aromatic rings. The summed E-state index contributed by atoms with van der Waals surface area (Å²) < 4.78 is 16.5. The second-order valence-corrected chi connectivity index (χ2v) is 7.90. The summed E-state index contributed by atoms with van der Waals surface area (Å²) in [4.78, 5) is 5.67. The first kappa shape index (κ1) is 24.0. The van der Waals surface area contributed by atoms with E-state index in [4.69, 9.17) is 61.8 Å². The van der Waals surface area contributed by atoms with Gasteiger partial charge in [-0.3, -0.25) is 4.99 Å². The average molecular weight is 503 g/mol. The summed E-state index contributed by atoms with van der Waals surface area (Å²) in [6.07, 6.45) is 1.39. The normalized spacial score (nSPS) is 10.6. The van der Waals surface area contributed by atoms with Gasteiger partial charge < -0.3 is 14.1 Å². The van der Waals surface area contributed by atoms with Gasteiger partial charge >= 0.3 is 8.05 Å². The Morgan fingerprint density at radius 2 is 1.28 bits per heavy atom. The first-order valence-electron chi connectivity index (χ1n) is 9.31. The van der Waals surface area contributed by atoms with E-state index in [2.05, 4.69) is 4.99 Å². The number of halogens is 2. The lowest BCUT2D eigenvalue weighted by Gasteiger charge is -2.25. The van der Waals surface area contributed by atoms with Crippen LogP contribution in [0.1, 0.15) is 5.56 Å². The van der Waals surface area contributed by atoms with Gasteiger partial charge in [-0.1, -0.05) is 35.3 Å². The van der Waals surface area contributed by atoms with Gasteiger partial charge in [-0.05, 0) is 90.7 Å². The van der Waals surface area contributed by atoms with Gasteiger partial charge in [0.25, 0.3) is 10.3 Å². The zero-order chi connectivity index (χ0) is 22.9. The second-order valence-electron chi connectivity index (χ2n) is 6.33. The Hall–Kier alpha value is -2.65. The molecule has 10 heteroatoms. The molecule has 5 nitrogen and oxygen atoms in total. The van der Waals surface area contributed by atoms with Crippen LogP contribution in [0.3, 0.4) is 0 Å². The predicted octanol–water partition coefficient (Wildman–Crippen LogP) is 5.62. The topological polar surface area (TPSA) is 43.3 Å². The molecule has 0 heterocycles. The molecular formula is C22H17BCl2N2O3S2. The summed E-state index contributed by atoms with van der Waals surface area (Å²) in [7, 11) is 1.55. The van der Waals surface area contributed by atoms with Crippen molar-refractivity contribution in [3.05, 3.63) is 88.4 Å². The molecule has 32 heavy (non-hydrogen) atoms. The van der Waals surface area contributed by atoms with Gasteiger partial charge in [0.1, 0.15) is 11.5 Å². The Morgan fingerprint density at radius 1 is 0.812 bits per heavy atom. The minimum absolute atomic E-state index is 0.0939. The van der Waals surface area contributed by atoms with Crippen molar-refractivity contribution in [1.29, 1.82) is 0 Å². The second kappa shape index (κ2) is 11.8. The van der Waals surface area contributed by atoms with Crippen molar-refractivity contribution in [2.24, 2.45) is 4.99 Å². The maximum absolute atomic E-state index is 5.95. The number of nitrogens with zero attached hydrogens (tertiary/aromatic N) is 2. The van der Waals surface area contributed by atoms with Crippen LogP contribution in [0.5, 0.6) is 11.5 Å². The highest BCUT2D eigenvalue weighted by Crippen LogP contribution is 2.23. The van der Waals surface area contributed by atoms with Crippen LogP contribution >= 0.6 is 47.6 Å². The molecule has 0 unspecified atom stereocenters. The number of ether oxygens (including phenoxy) is 2. The Bertz CT molecular complexity index is 1040. The van der Waals surface area contributed by atoms with Crippen LogP contribution in [-0.2, 0) is 11.2 Å². The Morgan fingerprint density at radius 3 is 1.72 bits per heavy atom. The van der Waals surface area contributed by atoms with E-state index in [9.17, 15) is 0 Å². The maximum atomic E-state index is 5.95. The molecule has 3 rings (SSSR count). The summed E-state index contributed by atoms with van der Waals surface area (Å²) in [6, 6.07) is 21.2. The zero-order valence-corrected chi connectivity index (χ0v) is 20.0. The minimum Gasteiger partial charge on any atom is -0.560 e. The van der Waals surface area contributed by atoms with Crippen LogP contribution in [-0.4, -0.2) is 24.8 Å². The van der Waals surface area contributed by atoms with Gasteiger partial charge in [0.2, 0.25) is 0 Å². The van der Waals surface area contributed by atoms with Crippen LogP contribution in [0.25, 0.3) is 0 Å². The third-order valence-corrected chi connectivity index (χ3v) is 5.09. The highest BCUT2D eigenvalue weighted by Gasteiger charge is 2.21. The molecule has 0 aromatic heterocycles. The fraction of sp³-hybridized carbons (Fsp3) is 0.0455. The third kappa shape index (κ3) is 6.93. The number of rotatable bonds is 6. The van der Waals surface area contributed by atoms with Crippen molar-refractivity contribution in [1.82, 2.24) is 0 Å². The molecule has 0 aliphatic rings. The Balaban J connectivity index is 1.84. The number of thiocarbonyl (C=S) groups is 2. The maximum Gasteiger partial charge on any atom is 0.323 e. The number of hydrogen-bond donors (Lipinski definition) is 0. The lowest BCUT2D eigenvalue weighted by Crippen LogP contribution is -2.40. The van der Waals surface area contributed by atoms with E-state index in [0.717, 1.165) is 5.56 Å². The number of aliphatic imine (C=N–C) groups is 1. The predicted molar refractivity (Wildman–Crippen MR) is 140 cm³/mol. The van der Waals surface area contributed by atoms with E-state index < -0.39 is 0 Å². The lowest BCUT2D eigenvalue weighted by molar-refractivity contribution is 0.530. The van der Waals surface area contributed by atoms with Crippen molar-refractivity contribution in [3.63, 3.8) is 0 Å². The SMILES string of the molecule is BOC=NCc1ccc(N(C(=S)Oc2ccc(Cl)cc2)C(=S)Oc2ccc(Cl)cc2)cc1. The largest absolute Gasteiger partial charge is 0.560 e. The first-order valence-corrected chi connectivity index (χ1v) is 10.9. The highest BCUT2D eigenvalue weighted by molar-refractivity contribution is 7.82. The van der Waals surface area contributed by atoms with Crippen molar-refractivity contribution >= 4 is 78.1 Å². The molecule has 0 bridgehead atoms. The highest BCUT2D eigenvalue weighted by atomic mass is 35.5. The molecule has 0 saturated heterocycles. The fourth-order valence-electron chi connectivity index (χ4n) is 2.55. The van der Waals surface area contributed by atoms with Crippen molar-refractivity contribution in [2.75, 3.05) is 4.90 Å². The van der Waals surface area contributed by atoms with E-state index in [-0.39, 0.29) is 10.3 Å². The summed E-state index contributed by atoms with van der Waals surface area (Å²) in [5.74, 6) is 1.04. The molecule has 0 fully saturated rings. The van der Waals surface area contributed by atoms with E-state index in [1.54, 1.807) is 56.6 Å². The van der Waals surface area contributed by atoms with Gasteiger partial charge in [-0.15, -0.1) is 0 Å². The smallest absolute Gasteiger partial charge is 0.323 e. The average Bonchev–Trinajstić information content (AvgIpc) is 2.78. The van der Waals surface area contributed by atoms with Crippen LogP contribution in [0, 0.1) is 0 Å². The lowest BCUT2D eigenvalue weighted by atomic mass is 10.2. The molecule has 162 valence electrons. The molecule has 3 aromatic carbocycles. The van der Waals surface area contributed by atoms with Crippen LogP contribution < -0.4 is 14.4 Å². The fourth-order valence-corrected chi connectivity index (χ4v) is 3.43. The van der Waals surface area contributed by atoms with Gasteiger partial charge in [0.15, 0.2) is 6.40 Å². The van der Waals surface area contributed by atoms with Gasteiger partial charge in [0, 0.05) is 10.0 Å². The van der Waals surface area contributed by atoms with Gasteiger partial charge in [0.05, 0.1) is 12.2 Å². The van der Waals surface area contributed by atoms with Crippen LogP contribution in [0.15, 0.2) is 77.8 Å². The molecule has 0 aliphatic heterocycles. The van der Waals surface area contributed by atoms with Crippen molar-refractivity contribution in [2.45, 2.75) is 6.54 Å². The van der Waals surface area contributed by atoms with E-state index in [1.165, 1.54) is 11.3 Å². The van der Waals surface area contributed by atoms with Crippen molar-refractivity contribution in [3.8, 4) is 11.5 Å². The van der Waals surface area contributed by atoms with Gasteiger partial charge in [-0.25, -0.2) is 4.90 Å².